The second-order valence-electron chi connectivity index (χ2n) is 7.67. The summed E-state index contributed by atoms with van der Waals surface area (Å²) in [5, 5.41) is 3.34. The van der Waals surface area contributed by atoms with E-state index >= 15 is 0 Å². The van der Waals surface area contributed by atoms with Crippen LogP contribution in [-0.2, 0) is 16.0 Å². The Morgan fingerprint density at radius 3 is 2.79 bits per heavy atom. The molecule has 3 atom stereocenters. The van der Waals surface area contributed by atoms with Crippen LogP contribution in [0.25, 0.3) is 0 Å². The highest BCUT2D eigenvalue weighted by molar-refractivity contribution is 5.82. The van der Waals surface area contributed by atoms with Gasteiger partial charge in [-0.3, -0.25) is 4.79 Å². The van der Waals surface area contributed by atoms with Crippen LogP contribution >= 0.6 is 0 Å². The number of rotatable bonds is 5. The fourth-order valence-electron chi connectivity index (χ4n) is 4.35. The number of halogens is 1. The van der Waals surface area contributed by atoms with Crippen molar-refractivity contribution in [3.8, 4) is 0 Å². The van der Waals surface area contributed by atoms with Crippen LogP contribution < -0.4 is 5.32 Å². The molecule has 148 valence electrons. The van der Waals surface area contributed by atoms with E-state index in [-0.39, 0.29) is 17.8 Å². The normalized spacial score (nSPS) is 24.2. The van der Waals surface area contributed by atoms with Crippen LogP contribution in [-0.4, -0.2) is 43.2 Å². The van der Waals surface area contributed by atoms with Gasteiger partial charge in [0, 0.05) is 13.1 Å². The van der Waals surface area contributed by atoms with Gasteiger partial charge in [0.1, 0.15) is 11.9 Å². The molecule has 0 bridgehead atoms. The lowest BCUT2D eigenvalue weighted by Crippen LogP contribution is -2.45. The molecular weight excluding hydrogens is 355 g/mol. The number of carbonyl (C=O) groups is 1. The minimum Gasteiger partial charge on any atom is -0.368 e. The van der Waals surface area contributed by atoms with E-state index in [2.05, 4.69) is 24.4 Å². The molecule has 2 heterocycles. The molecule has 0 spiro atoms. The second kappa shape index (κ2) is 8.41. The molecule has 0 saturated carbocycles. The van der Waals surface area contributed by atoms with E-state index in [4.69, 9.17) is 4.74 Å². The van der Waals surface area contributed by atoms with Gasteiger partial charge in [-0.2, -0.15) is 0 Å². The summed E-state index contributed by atoms with van der Waals surface area (Å²) in [5.74, 6) is 0.147. The summed E-state index contributed by atoms with van der Waals surface area (Å²) in [6, 6.07) is 14.5. The van der Waals surface area contributed by atoms with Gasteiger partial charge < -0.3 is 15.0 Å². The molecular formula is C23H27FN2O2. The number of benzene rings is 2. The van der Waals surface area contributed by atoms with Gasteiger partial charge in [0.2, 0.25) is 0 Å². The summed E-state index contributed by atoms with van der Waals surface area (Å²) in [6.07, 6.45) is 1.18. The molecule has 2 aliphatic rings. The van der Waals surface area contributed by atoms with E-state index in [0.29, 0.717) is 19.1 Å². The highest BCUT2D eigenvalue weighted by Crippen LogP contribution is 2.36. The lowest BCUT2D eigenvalue weighted by Gasteiger charge is -2.39. The van der Waals surface area contributed by atoms with Crippen LogP contribution in [0.3, 0.4) is 0 Å². The fourth-order valence-corrected chi connectivity index (χ4v) is 4.35. The minimum absolute atomic E-state index is 0.0443. The lowest BCUT2D eigenvalue weighted by molar-refractivity contribution is -0.143. The predicted molar refractivity (Wildman–Crippen MR) is 106 cm³/mol. The maximum Gasteiger partial charge on any atom is 0.252 e. The monoisotopic (exact) mass is 382 g/mol. The Bertz CT molecular complexity index is 824. The van der Waals surface area contributed by atoms with Crippen LogP contribution in [0.1, 0.15) is 36.1 Å². The van der Waals surface area contributed by atoms with Gasteiger partial charge in [0.25, 0.3) is 5.91 Å². The Hall–Kier alpha value is -2.24. The minimum atomic E-state index is -0.392. The molecule has 28 heavy (non-hydrogen) atoms. The number of amides is 1. The zero-order chi connectivity index (χ0) is 19.5. The van der Waals surface area contributed by atoms with Crippen molar-refractivity contribution in [2.45, 2.75) is 31.9 Å². The zero-order valence-corrected chi connectivity index (χ0v) is 16.2. The average molecular weight is 382 g/mol. The smallest absolute Gasteiger partial charge is 0.252 e. The molecule has 4 rings (SSSR count). The van der Waals surface area contributed by atoms with Crippen molar-refractivity contribution in [3.05, 3.63) is 71.0 Å². The third-order valence-electron chi connectivity index (χ3n) is 5.79. The number of nitrogens with one attached hydrogen (secondary N) is 1. The molecule has 0 radical (unpaired) electrons. The number of carbonyl (C=O) groups excluding carboxylic acids is 1. The summed E-state index contributed by atoms with van der Waals surface area (Å²) < 4.78 is 19.4. The highest BCUT2D eigenvalue weighted by atomic mass is 19.1. The van der Waals surface area contributed by atoms with Crippen molar-refractivity contribution in [3.63, 3.8) is 0 Å². The Morgan fingerprint density at radius 1 is 1.21 bits per heavy atom. The molecule has 4 nitrogen and oxygen atoms in total. The SMILES string of the molecule is CCNCC1CO[C@H](C(=O)N2CCc3ccccc3[C@@H]2c2ccc(F)cc2)C1. The van der Waals surface area contributed by atoms with Crippen LogP contribution in [0.2, 0.25) is 0 Å². The fraction of sp³-hybridized carbons (Fsp3) is 0.435. The Morgan fingerprint density at radius 2 is 2.00 bits per heavy atom. The van der Waals surface area contributed by atoms with E-state index < -0.39 is 6.10 Å². The van der Waals surface area contributed by atoms with Crippen molar-refractivity contribution in [1.29, 1.82) is 0 Å². The number of hydrogen-bond donors (Lipinski definition) is 1. The maximum atomic E-state index is 13.5. The quantitative estimate of drug-likeness (QED) is 0.863. The van der Waals surface area contributed by atoms with Gasteiger partial charge in [0.05, 0.1) is 12.6 Å². The van der Waals surface area contributed by atoms with Gasteiger partial charge >= 0.3 is 0 Å². The Kier molecular flexibility index (Phi) is 5.74. The van der Waals surface area contributed by atoms with Crippen LogP contribution in [0, 0.1) is 11.7 Å². The Balaban J connectivity index is 1.60. The molecule has 5 heteroatoms. The molecule has 1 N–H and O–H groups in total. The topological polar surface area (TPSA) is 41.6 Å². The van der Waals surface area contributed by atoms with Gasteiger partial charge in [-0.05, 0) is 54.1 Å². The second-order valence-corrected chi connectivity index (χ2v) is 7.67. The van der Waals surface area contributed by atoms with E-state index in [1.54, 1.807) is 12.1 Å². The highest BCUT2D eigenvalue weighted by Gasteiger charge is 2.38. The molecule has 1 fully saturated rings. The first-order valence-corrected chi connectivity index (χ1v) is 10.1. The molecule has 1 amide bonds. The van der Waals surface area contributed by atoms with Crippen molar-refractivity contribution in [2.24, 2.45) is 5.92 Å². The molecule has 0 aliphatic carbocycles. The van der Waals surface area contributed by atoms with Crippen molar-refractivity contribution in [1.82, 2.24) is 10.2 Å². The van der Waals surface area contributed by atoms with Crippen LogP contribution in [0.15, 0.2) is 48.5 Å². The molecule has 2 aromatic carbocycles. The van der Waals surface area contributed by atoms with Gasteiger partial charge in [-0.1, -0.05) is 43.3 Å². The van der Waals surface area contributed by atoms with Gasteiger partial charge in [-0.15, -0.1) is 0 Å². The molecule has 2 aromatic rings. The van der Waals surface area contributed by atoms with E-state index in [0.717, 1.165) is 37.1 Å². The molecule has 0 aromatic heterocycles. The van der Waals surface area contributed by atoms with E-state index in [1.807, 2.05) is 17.0 Å². The summed E-state index contributed by atoms with van der Waals surface area (Å²) in [4.78, 5) is 15.3. The number of hydrogen-bond acceptors (Lipinski definition) is 3. The standard InChI is InChI=1S/C23H27FN2O2/c1-2-25-14-16-13-21(28-15-16)23(27)26-12-11-17-5-3-4-6-20(17)22(26)18-7-9-19(24)10-8-18/h3-10,16,21-22,25H,2,11-15H2,1H3/t16?,21-,22-/m0/s1. The summed E-state index contributed by atoms with van der Waals surface area (Å²) in [5.41, 5.74) is 3.30. The van der Waals surface area contributed by atoms with E-state index in [1.165, 1.54) is 17.7 Å². The first kappa shape index (κ1) is 19.1. The number of ether oxygens (including phenoxy) is 1. The number of nitrogens with zero attached hydrogens (tertiary/aromatic N) is 1. The lowest BCUT2D eigenvalue weighted by atomic mass is 9.87. The zero-order valence-electron chi connectivity index (χ0n) is 16.2. The van der Waals surface area contributed by atoms with Crippen molar-refractivity contribution in [2.75, 3.05) is 26.2 Å². The van der Waals surface area contributed by atoms with Crippen LogP contribution in [0.5, 0.6) is 0 Å². The van der Waals surface area contributed by atoms with E-state index in [9.17, 15) is 9.18 Å². The average Bonchev–Trinajstić information content (AvgIpc) is 3.20. The molecule has 2 aliphatic heterocycles. The third kappa shape index (κ3) is 3.82. The molecule has 1 saturated heterocycles. The van der Waals surface area contributed by atoms with Crippen molar-refractivity contribution < 1.29 is 13.9 Å². The largest absolute Gasteiger partial charge is 0.368 e. The molecule has 1 unspecified atom stereocenters. The van der Waals surface area contributed by atoms with Crippen molar-refractivity contribution >= 4 is 5.91 Å². The first-order chi connectivity index (χ1) is 13.7. The summed E-state index contributed by atoms with van der Waals surface area (Å²) >= 11 is 0. The first-order valence-electron chi connectivity index (χ1n) is 10.1. The van der Waals surface area contributed by atoms with Gasteiger partial charge in [0.15, 0.2) is 0 Å². The number of fused-ring (bicyclic) bond motifs is 1. The maximum absolute atomic E-state index is 13.5. The summed E-state index contributed by atoms with van der Waals surface area (Å²) in [7, 11) is 0. The predicted octanol–water partition coefficient (Wildman–Crippen LogP) is 3.31. The third-order valence-corrected chi connectivity index (χ3v) is 5.79. The van der Waals surface area contributed by atoms with Crippen LogP contribution in [0.4, 0.5) is 4.39 Å². The Labute approximate surface area is 165 Å². The van der Waals surface area contributed by atoms with Gasteiger partial charge in [-0.25, -0.2) is 4.39 Å². The summed E-state index contributed by atoms with van der Waals surface area (Å²) in [6.45, 7) is 5.15.